The van der Waals surface area contributed by atoms with Gasteiger partial charge in [-0.15, -0.1) is 0 Å². The van der Waals surface area contributed by atoms with E-state index in [2.05, 4.69) is 15.7 Å². The second-order valence-corrected chi connectivity index (χ2v) is 7.18. The minimum absolute atomic E-state index is 0.123. The van der Waals surface area contributed by atoms with Crippen molar-refractivity contribution in [1.29, 1.82) is 0 Å². The molecule has 1 unspecified atom stereocenters. The zero-order chi connectivity index (χ0) is 17.9. The third kappa shape index (κ3) is 4.09. The molecule has 1 atom stereocenters. The van der Waals surface area contributed by atoms with Crippen molar-refractivity contribution in [2.75, 3.05) is 13.6 Å². The van der Waals surface area contributed by atoms with Crippen LogP contribution < -0.4 is 10.6 Å². The molecule has 0 aliphatic carbocycles. The second kappa shape index (κ2) is 7.55. The van der Waals surface area contributed by atoms with E-state index in [1.165, 1.54) is 0 Å². The average molecular weight is 369 g/mol. The summed E-state index contributed by atoms with van der Waals surface area (Å²) in [6, 6.07) is 4.95. The molecule has 7 heteroatoms. The fraction of sp³-hybridized carbons (Fsp3) is 0.412. The molecule has 0 radical (unpaired) electrons. The van der Waals surface area contributed by atoms with Crippen LogP contribution in [0.4, 0.5) is 0 Å². The first-order chi connectivity index (χ1) is 11.3. The maximum absolute atomic E-state index is 12.6. The maximum atomic E-state index is 12.6. The molecule has 0 saturated heterocycles. The number of aromatic nitrogens is 2. The Kier molecular flexibility index (Phi) is 5.91. The first-order valence-corrected chi connectivity index (χ1v) is 8.40. The Bertz CT molecular complexity index is 707. The van der Waals surface area contributed by atoms with E-state index in [-0.39, 0.29) is 5.91 Å². The third-order valence-corrected chi connectivity index (χ3v) is 4.58. The van der Waals surface area contributed by atoms with Crippen LogP contribution >= 0.6 is 23.2 Å². The Morgan fingerprint density at radius 1 is 1.33 bits per heavy atom. The number of likely N-dealkylation sites (N-methyl/N-ethyl adjacent to an activating group) is 1. The summed E-state index contributed by atoms with van der Waals surface area (Å²) in [6.07, 6.45) is 3.49. The van der Waals surface area contributed by atoms with Gasteiger partial charge in [-0.05, 0) is 24.7 Å². The van der Waals surface area contributed by atoms with E-state index in [4.69, 9.17) is 23.2 Å². The van der Waals surface area contributed by atoms with Gasteiger partial charge in [0.25, 0.3) is 0 Å². The number of hydrogen-bond donors (Lipinski definition) is 2. The van der Waals surface area contributed by atoms with E-state index in [9.17, 15) is 4.79 Å². The molecule has 1 heterocycles. The van der Waals surface area contributed by atoms with E-state index in [1.807, 2.05) is 33.2 Å². The number of nitrogens with zero attached hydrogens (tertiary/aromatic N) is 2. The molecule has 130 valence electrons. The van der Waals surface area contributed by atoms with Crippen LogP contribution in [0, 0.1) is 0 Å². The lowest BCUT2D eigenvalue weighted by Crippen LogP contribution is -2.42. The van der Waals surface area contributed by atoms with Gasteiger partial charge < -0.3 is 10.6 Å². The van der Waals surface area contributed by atoms with Crippen LogP contribution in [0.3, 0.4) is 0 Å². The Morgan fingerprint density at radius 2 is 1.96 bits per heavy atom. The van der Waals surface area contributed by atoms with Crippen molar-refractivity contribution in [3.63, 3.8) is 0 Å². The summed E-state index contributed by atoms with van der Waals surface area (Å²) in [5, 5.41) is 11.3. The predicted octanol–water partition coefficient (Wildman–Crippen LogP) is 3.08. The van der Waals surface area contributed by atoms with E-state index >= 15 is 0 Å². The normalized spacial score (nSPS) is 12.9. The van der Waals surface area contributed by atoms with Crippen LogP contribution in [-0.2, 0) is 17.3 Å². The van der Waals surface area contributed by atoms with E-state index in [1.54, 1.807) is 30.1 Å². The van der Waals surface area contributed by atoms with Crippen molar-refractivity contribution in [3.8, 4) is 0 Å². The molecule has 1 aromatic carbocycles. The molecule has 0 fully saturated rings. The predicted molar refractivity (Wildman–Crippen MR) is 97.5 cm³/mol. The Morgan fingerprint density at radius 3 is 2.46 bits per heavy atom. The second-order valence-electron chi connectivity index (χ2n) is 6.37. The molecule has 5 nitrogen and oxygen atoms in total. The first kappa shape index (κ1) is 18.8. The largest absolute Gasteiger partial charge is 0.354 e. The average Bonchev–Trinajstić information content (AvgIpc) is 2.92. The molecule has 1 aromatic heterocycles. The van der Waals surface area contributed by atoms with E-state index < -0.39 is 11.5 Å². The number of carbonyl (C=O) groups is 1. The van der Waals surface area contributed by atoms with Gasteiger partial charge in [0, 0.05) is 40.8 Å². The van der Waals surface area contributed by atoms with Crippen molar-refractivity contribution < 1.29 is 4.79 Å². The van der Waals surface area contributed by atoms with Gasteiger partial charge in [-0.1, -0.05) is 43.1 Å². The highest BCUT2D eigenvalue weighted by molar-refractivity contribution is 6.36. The molecule has 2 rings (SSSR count). The number of rotatable bonds is 6. The molecule has 0 aliphatic rings. The summed E-state index contributed by atoms with van der Waals surface area (Å²) in [5.41, 5.74) is 1.24. The van der Waals surface area contributed by atoms with Crippen LogP contribution in [0.1, 0.15) is 31.0 Å². The van der Waals surface area contributed by atoms with Gasteiger partial charge in [0.2, 0.25) is 5.91 Å². The van der Waals surface area contributed by atoms with Crippen LogP contribution in [-0.4, -0.2) is 29.3 Å². The summed E-state index contributed by atoms with van der Waals surface area (Å²) >= 11 is 12.6. The molecule has 0 spiro atoms. The smallest absolute Gasteiger partial charge is 0.241 e. The lowest BCUT2D eigenvalue weighted by atomic mass is 9.84. The van der Waals surface area contributed by atoms with Gasteiger partial charge in [-0.2, -0.15) is 5.10 Å². The van der Waals surface area contributed by atoms with Gasteiger partial charge in [-0.3, -0.25) is 9.48 Å². The van der Waals surface area contributed by atoms with Gasteiger partial charge in [0.15, 0.2) is 0 Å². The molecule has 1 amide bonds. The van der Waals surface area contributed by atoms with Crippen LogP contribution in [0.5, 0.6) is 0 Å². The molecule has 0 saturated carbocycles. The Labute approximate surface area is 152 Å². The van der Waals surface area contributed by atoms with Crippen molar-refractivity contribution in [2.45, 2.75) is 25.3 Å². The van der Waals surface area contributed by atoms with Crippen molar-refractivity contribution in [1.82, 2.24) is 20.4 Å². The number of nitrogens with one attached hydrogen (secondary N) is 2. The lowest BCUT2D eigenvalue weighted by Gasteiger charge is -2.28. The fourth-order valence-electron chi connectivity index (χ4n) is 2.68. The molecule has 0 aliphatic heterocycles. The van der Waals surface area contributed by atoms with Crippen molar-refractivity contribution >= 4 is 29.1 Å². The number of amides is 1. The first-order valence-electron chi connectivity index (χ1n) is 7.64. The number of aryl methyl sites for hydroxylation is 1. The van der Waals surface area contributed by atoms with E-state index in [0.717, 1.165) is 11.1 Å². The van der Waals surface area contributed by atoms with E-state index in [0.29, 0.717) is 16.6 Å². The third-order valence-electron chi connectivity index (χ3n) is 3.95. The number of benzene rings is 1. The highest BCUT2D eigenvalue weighted by Crippen LogP contribution is 2.35. The number of carbonyl (C=O) groups excluding carboxylic acids is 1. The summed E-state index contributed by atoms with van der Waals surface area (Å²) in [7, 11) is 3.56. The SMILES string of the molecule is CNC(C(=O)NCC(C)(C)c1c(Cl)cccc1Cl)c1cnn(C)c1. The monoisotopic (exact) mass is 368 g/mol. The van der Waals surface area contributed by atoms with Gasteiger partial charge >= 0.3 is 0 Å². The quantitative estimate of drug-likeness (QED) is 0.823. The van der Waals surface area contributed by atoms with Crippen molar-refractivity contribution in [2.24, 2.45) is 7.05 Å². The molecular weight excluding hydrogens is 347 g/mol. The standard InChI is InChI=1S/C17H22Cl2N4O/c1-17(2,14-12(18)6-5-7-13(14)19)10-21-16(24)15(20-3)11-8-22-23(4)9-11/h5-9,15,20H,10H2,1-4H3,(H,21,24). The number of halogens is 2. The highest BCUT2D eigenvalue weighted by atomic mass is 35.5. The maximum Gasteiger partial charge on any atom is 0.241 e. The highest BCUT2D eigenvalue weighted by Gasteiger charge is 2.28. The van der Waals surface area contributed by atoms with Crippen molar-refractivity contribution in [3.05, 3.63) is 51.8 Å². The van der Waals surface area contributed by atoms with Crippen LogP contribution in [0.25, 0.3) is 0 Å². The van der Waals surface area contributed by atoms with Gasteiger partial charge in [0.05, 0.1) is 6.20 Å². The van der Waals surface area contributed by atoms with Crippen LogP contribution in [0.15, 0.2) is 30.6 Å². The molecule has 24 heavy (non-hydrogen) atoms. The zero-order valence-electron chi connectivity index (χ0n) is 14.2. The molecular formula is C17H22Cl2N4O. The Balaban J connectivity index is 2.12. The minimum atomic E-state index is -0.462. The summed E-state index contributed by atoms with van der Waals surface area (Å²) < 4.78 is 1.67. The summed E-state index contributed by atoms with van der Waals surface area (Å²) in [4.78, 5) is 12.6. The summed E-state index contributed by atoms with van der Waals surface area (Å²) in [5.74, 6) is -0.123. The number of hydrogen-bond acceptors (Lipinski definition) is 3. The Hall–Kier alpha value is -1.56. The fourth-order valence-corrected chi connectivity index (χ4v) is 3.59. The minimum Gasteiger partial charge on any atom is -0.354 e. The molecule has 0 bridgehead atoms. The van der Waals surface area contributed by atoms with Gasteiger partial charge in [0.1, 0.15) is 6.04 Å². The lowest BCUT2D eigenvalue weighted by molar-refractivity contribution is -0.123. The zero-order valence-corrected chi connectivity index (χ0v) is 15.7. The van der Waals surface area contributed by atoms with Gasteiger partial charge in [-0.25, -0.2) is 0 Å². The molecule has 2 N–H and O–H groups in total. The van der Waals surface area contributed by atoms with Crippen LogP contribution in [0.2, 0.25) is 10.0 Å². The topological polar surface area (TPSA) is 59.0 Å². The molecule has 2 aromatic rings. The summed E-state index contributed by atoms with van der Waals surface area (Å²) in [6.45, 7) is 4.41.